The summed E-state index contributed by atoms with van der Waals surface area (Å²) in [6, 6.07) is 9.21. The maximum Gasteiger partial charge on any atom is 0.161 e. The molecule has 2 aromatic heterocycles. The molecule has 2 heterocycles. The first kappa shape index (κ1) is 9.52. The van der Waals surface area contributed by atoms with Gasteiger partial charge in [-0.05, 0) is 31.2 Å². The number of hydrogen-bond donors (Lipinski definition) is 0. The van der Waals surface area contributed by atoms with Crippen LogP contribution in [0.3, 0.4) is 0 Å². The quantitative estimate of drug-likeness (QED) is 0.695. The lowest BCUT2D eigenvalue weighted by Gasteiger charge is -1.99. The van der Waals surface area contributed by atoms with E-state index in [-0.39, 0.29) is 5.78 Å². The summed E-state index contributed by atoms with van der Waals surface area (Å²) in [5, 5.41) is 0. The van der Waals surface area contributed by atoms with Crippen molar-refractivity contribution in [3.63, 3.8) is 0 Å². The number of aromatic nitrogens is 2. The van der Waals surface area contributed by atoms with Gasteiger partial charge in [0.2, 0.25) is 0 Å². The smallest absolute Gasteiger partial charge is 0.161 e. The van der Waals surface area contributed by atoms with Crippen LogP contribution in [-0.4, -0.2) is 15.8 Å². The van der Waals surface area contributed by atoms with E-state index in [0.717, 1.165) is 11.4 Å². The second-order valence-electron chi connectivity index (χ2n) is 3.20. The second-order valence-corrected chi connectivity index (χ2v) is 3.20. The molecule has 3 nitrogen and oxygen atoms in total. The molecule has 0 aliphatic carbocycles. The van der Waals surface area contributed by atoms with Crippen molar-refractivity contribution in [2.75, 3.05) is 0 Å². The first-order valence-electron chi connectivity index (χ1n) is 4.66. The normalized spacial score (nSPS) is 9.93. The number of pyridine rings is 2. The zero-order valence-corrected chi connectivity index (χ0v) is 8.34. The van der Waals surface area contributed by atoms with E-state index >= 15 is 0 Å². The van der Waals surface area contributed by atoms with E-state index in [9.17, 15) is 4.79 Å². The summed E-state index contributed by atoms with van der Waals surface area (Å²) in [6.07, 6.45) is 3.29. The minimum Gasteiger partial charge on any atom is -0.294 e. The SMILES string of the molecule is CC(=O)c1ccc(-c2ccccn2)nc1. The van der Waals surface area contributed by atoms with Crippen molar-refractivity contribution >= 4 is 5.78 Å². The second kappa shape index (κ2) is 4.00. The fourth-order valence-electron chi connectivity index (χ4n) is 1.27. The van der Waals surface area contributed by atoms with Crippen molar-refractivity contribution in [2.45, 2.75) is 6.92 Å². The molecule has 0 saturated heterocycles. The molecular weight excluding hydrogens is 188 g/mol. The first-order valence-corrected chi connectivity index (χ1v) is 4.66. The molecule has 15 heavy (non-hydrogen) atoms. The molecular formula is C12H10N2O. The Bertz CT molecular complexity index is 463. The van der Waals surface area contributed by atoms with Gasteiger partial charge in [-0.25, -0.2) is 0 Å². The van der Waals surface area contributed by atoms with Gasteiger partial charge in [0.1, 0.15) is 0 Å². The predicted molar refractivity (Wildman–Crippen MR) is 57.5 cm³/mol. The molecule has 0 saturated carbocycles. The van der Waals surface area contributed by atoms with Crippen LogP contribution in [0.4, 0.5) is 0 Å². The molecule has 74 valence electrons. The van der Waals surface area contributed by atoms with Gasteiger partial charge in [-0.1, -0.05) is 6.07 Å². The summed E-state index contributed by atoms with van der Waals surface area (Å²) in [6.45, 7) is 1.53. The van der Waals surface area contributed by atoms with Crippen LogP contribution >= 0.6 is 0 Å². The molecule has 0 radical (unpaired) electrons. The summed E-state index contributed by atoms with van der Waals surface area (Å²) in [5.74, 6) is 0.0232. The number of ketones is 1. The highest BCUT2D eigenvalue weighted by molar-refractivity contribution is 5.93. The Morgan fingerprint density at radius 2 is 1.87 bits per heavy atom. The van der Waals surface area contributed by atoms with Crippen LogP contribution in [0.5, 0.6) is 0 Å². The van der Waals surface area contributed by atoms with Gasteiger partial charge in [-0.3, -0.25) is 14.8 Å². The molecule has 0 N–H and O–H groups in total. The lowest BCUT2D eigenvalue weighted by Crippen LogP contribution is -1.94. The molecule has 0 atom stereocenters. The predicted octanol–water partition coefficient (Wildman–Crippen LogP) is 2.35. The molecule has 0 aliphatic heterocycles. The Balaban J connectivity index is 2.36. The zero-order valence-electron chi connectivity index (χ0n) is 8.34. The van der Waals surface area contributed by atoms with Crippen LogP contribution in [0.25, 0.3) is 11.4 Å². The van der Waals surface area contributed by atoms with Crippen molar-refractivity contribution in [1.29, 1.82) is 0 Å². The molecule has 0 bridgehead atoms. The molecule has 0 aliphatic rings. The van der Waals surface area contributed by atoms with Crippen LogP contribution in [0.1, 0.15) is 17.3 Å². The van der Waals surface area contributed by atoms with Gasteiger partial charge >= 0.3 is 0 Å². The molecule has 0 fully saturated rings. The van der Waals surface area contributed by atoms with E-state index in [0.29, 0.717) is 5.56 Å². The third kappa shape index (κ3) is 2.07. The zero-order chi connectivity index (χ0) is 10.7. The Hall–Kier alpha value is -2.03. The summed E-state index contributed by atoms with van der Waals surface area (Å²) in [5.41, 5.74) is 2.21. The van der Waals surface area contributed by atoms with Crippen LogP contribution in [0, 0.1) is 0 Å². The Labute approximate surface area is 87.8 Å². The van der Waals surface area contributed by atoms with E-state index in [2.05, 4.69) is 9.97 Å². The standard InChI is InChI=1S/C12H10N2O/c1-9(15)10-5-6-12(14-8-10)11-4-2-3-7-13-11/h2-8H,1H3. The monoisotopic (exact) mass is 198 g/mol. The first-order chi connectivity index (χ1) is 7.27. The van der Waals surface area contributed by atoms with Gasteiger partial charge < -0.3 is 0 Å². The fraction of sp³-hybridized carbons (Fsp3) is 0.0833. The average Bonchev–Trinajstić information content (AvgIpc) is 2.30. The van der Waals surface area contributed by atoms with Crippen LogP contribution in [0.15, 0.2) is 42.7 Å². The molecule has 0 aromatic carbocycles. The van der Waals surface area contributed by atoms with E-state index in [1.807, 2.05) is 18.2 Å². The average molecular weight is 198 g/mol. The van der Waals surface area contributed by atoms with Crippen LogP contribution in [-0.2, 0) is 0 Å². The fourth-order valence-corrected chi connectivity index (χ4v) is 1.27. The lowest BCUT2D eigenvalue weighted by molar-refractivity contribution is 0.101. The van der Waals surface area contributed by atoms with Gasteiger partial charge in [0.15, 0.2) is 5.78 Å². The van der Waals surface area contributed by atoms with Crippen molar-refractivity contribution in [2.24, 2.45) is 0 Å². The van der Waals surface area contributed by atoms with Gasteiger partial charge in [-0.15, -0.1) is 0 Å². The third-order valence-electron chi connectivity index (χ3n) is 2.10. The number of nitrogens with zero attached hydrogens (tertiary/aromatic N) is 2. The Kier molecular flexibility index (Phi) is 2.54. The molecule has 3 heteroatoms. The van der Waals surface area contributed by atoms with Gasteiger partial charge in [0, 0.05) is 18.0 Å². The number of rotatable bonds is 2. The van der Waals surface area contributed by atoms with Crippen LogP contribution < -0.4 is 0 Å². The van der Waals surface area contributed by atoms with Crippen molar-refractivity contribution < 1.29 is 4.79 Å². The Morgan fingerprint density at radius 3 is 2.40 bits per heavy atom. The molecule has 0 spiro atoms. The van der Waals surface area contributed by atoms with E-state index in [1.54, 1.807) is 24.5 Å². The van der Waals surface area contributed by atoms with E-state index < -0.39 is 0 Å². The van der Waals surface area contributed by atoms with E-state index in [1.165, 1.54) is 6.92 Å². The van der Waals surface area contributed by atoms with Gasteiger partial charge in [0.05, 0.1) is 11.4 Å². The highest BCUT2D eigenvalue weighted by atomic mass is 16.1. The maximum absolute atomic E-state index is 11.0. The highest BCUT2D eigenvalue weighted by Gasteiger charge is 2.02. The largest absolute Gasteiger partial charge is 0.294 e. The lowest BCUT2D eigenvalue weighted by atomic mass is 10.2. The number of hydrogen-bond acceptors (Lipinski definition) is 3. The van der Waals surface area contributed by atoms with Crippen molar-refractivity contribution in [1.82, 2.24) is 9.97 Å². The highest BCUT2D eigenvalue weighted by Crippen LogP contribution is 2.13. The number of Topliss-reactive ketones (excluding diaryl/α,β-unsaturated/α-hetero) is 1. The Morgan fingerprint density at radius 1 is 1.07 bits per heavy atom. The maximum atomic E-state index is 11.0. The van der Waals surface area contributed by atoms with E-state index in [4.69, 9.17) is 0 Å². The molecule has 0 amide bonds. The summed E-state index contributed by atoms with van der Waals surface area (Å²) in [7, 11) is 0. The van der Waals surface area contributed by atoms with Gasteiger partial charge in [-0.2, -0.15) is 0 Å². The summed E-state index contributed by atoms with van der Waals surface area (Å²) >= 11 is 0. The van der Waals surface area contributed by atoms with Crippen molar-refractivity contribution in [3.8, 4) is 11.4 Å². The number of carbonyl (C=O) groups is 1. The summed E-state index contributed by atoms with van der Waals surface area (Å²) in [4.78, 5) is 19.4. The third-order valence-corrected chi connectivity index (χ3v) is 2.10. The molecule has 2 rings (SSSR count). The molecule has 2 aromatic rings. The minimum absolute atomic E-state index is 0.0232. The van der Waals surface area contributed by atoms with Crippen molar-refractivity contribution in [3.05, 3.63) is 48.3 Å². The topological polar surface area (TPSA) is 42.9 Å². The van der Waals surface area contributed by atoms with Gasteiger partial charge in [0.25, 0.3) is 0 Å². The number of carbonyl (C=O) groups excluding carboxylic acids is 1. The summed E-state index contributed by atoms with van der Waals surface area (Å²) < 4.78 is 0. The minimum atomic E-state index is 0.0232. The molecule has 0 unspecified atom stereocenters. The van der Waals surface area contributed by atoms with Crippen LogP contribution in [0.2, 0.25) is 0 Å².